The lowest BCUT2D eigenvalue weighted by Gasteiger charge is -2.13. The van der Waals surface area contributed by atoms with Crippen LogP contribution in [-0.2, 0) is 4.79 Å². The maximum atomic E-state index is 11.7. The van der Waals surface area contributed by atoms with Crippen LogP contribution >= 0.6 is 0 Å². The zero-order valence-corrected chi connectivity index (χ0v) is 12.2. The molecule has 0 heterocycles. The number of carboxylic acid groups (broad SMARTS) is 1. The molecule has 110 valence electrons. The Hall–Kier alpha value is -2.04. The Morgan fingerprint density at radius 1 is 1.25 bits per heavy atom. The first-order valence-electron chi connectivity index (χ1n) is 6.79. The van der Waals surface area contributed by atoms with Crippen molar-refractivity contribution in [3.8, 4) is 0 Å². The average molecular weight is 278 g/mol. The van der Waals surface area contributed by atoms with Crippen LogP contribution in [0.15, 0.2) is 18.2 Å². The van der Waals surface area contributed by atoms with Gasteiger partial charge in [0.1, 0.15) is 0 Å². The van der Waals surface area contributed by atoms with Crippen molar-refractivity contribution >= 4 is 17.7 Å². The minimum atomic E-state index is -0.877. The topological polar surface area (TPSA) is 78.4 Å². The molecule has 0 fully saturated rings. The number of anilines is 1. The summed E-state index contributed by atoms with van der Waals surface area (Å²) in [6.07, 6.45) is 1.33. The monoisotopic (exact) mass is 278 g/mol. The Morgan fingerprint density at radius 3 is 2.50 bits per heavy atom. The summed E-state index contributed by atoms with van der Waals surface area (Å²) in [4.78, 5) is 22.7. The molecule has 1 atom stereocenters. The number of urea groups is 1. The standard InChI is InChI=1S/C15H22N2O3/c1-4-5-12(14(18)19)9-16-15(20)17-13-7-6-10(2)11(3)8-13/h6-8,12H,4-5,9H2,1-3H3,(H,18,19)(H2,16,17,20). The molecule has 1 aromatic carbocycles. The summed E-state index contributed by atoms with van der Waals surface area (Å²) in [5, 5.41) is 14.3. The first-order chi connectivity index (χ1) is 9.43. The second-order valence-corrected chi connectivity index (χ2v) is 4.96. The zero-order chi connectivity index (χ0) is 15.1. The van der Waals surface area contributed by atoms with E-state index in [1.54, 1.807) is 0 Å². The van der Waals surface area contributed by atoms with Crippen LogP contribution in [0.3, 0.4) is 0 Å². The number of hydrogen-bond acceptors (Lipinski definition) is 2. The maximum Gasteiger partial charge on any atom is 0.319 e. The van der Waals surface area contributed by atoms with Crippen molar-refractivity contribution in [3.05, 3.63) is 29.3 Å². The van der Waals surface area contributed by atoms with E-state index >= 15 is 0 Å². The molecule has 3 N–H and O–H groups in total. The van der Waals surface area contributed by atoms with Crippen LogP contribution in [0, 0.1) is 19.8 Å². The largest absolute Gasteiger partial charge is 0.481 e. The molecule has 1 rings (SSSR count). The molecule has 0 aliphatic rings. The van der Waals surface area contributed by atoms with Crippen molar-refractivity contribution in [1.82, 2.24) is 5.32 Å². The van der Waals surface area contributed by atoms with E-state index in [1.807, 2.05) is 39.0 Å². The van der Waals surface area contributed by atoms with E-state index in [1.165, 1.54) is 0 Å². The second kappa shape index (κ2) is 7.53. The van der Waals surface area contributed by atoms with Gasteiger partial charge in [-0.3, -0.25) is 4.79 Å². The van der Waals surface area contributed by atoms with Gasteiger partial charge in [0, 0.05) is 12.2 Å². The lowest BCUT2D eigenvalue weighted by Crippen LogP contribution is -2.35. The molecule has 0 spiro atoms. The first kappa shape index (κ1) is 16.0. The zero-order valence-electron chi connectivity index (χ0n) is 12.2. The maximum absolute atomic E-state index is 11.7. The van der Waals surface area contributed by atoms with Gasteiger partial charge in [-0.2, -0.15) is 0 Å². The number of carbonyl (C=O) groups excluding carboxylic acids is 1. The Balaban J connectivity index is 2.50. The van der Waals surface area contributed by atoms with Gasteiger partial charge < -0.3 is 15.7 Å². The fourth-order valence-electron chi connectivity index (χ4n) is 1.87. The van der Waals surface area contributed by atoms with E-state index in [0.717, 1.165) is 17.5 Å². The van der Waals surface area contributed by atoms with Gasteiger partial charge in [-0.1, -0.05) is 19.4 Å². The molecule has 0 aliphatic carbocycles. The third kappa shape index (κ3) is 4.91. The summed E-state index contributed by atoms with van der Waals surface area (Å²) >= 11 is 0. The highest BCUT2D eigenvalue weighted by Crippen LogP contribution is 2.14. The molecular weight excluding hydrogens is 256 g/mol. The fourth-order valence-corrected chi connectivity index (χ4v) is 1.87. The summed E-state index contributed by atoms with van der Waals surface area (Å²) in [6, 6.07) is 5.26. The minimum absolute atomic E-state index is 0.139. The van der Waals surface area contributed by atoms with E-state index < -0.39 is 11.9 Å². The van der Waals surface area contributed by atoms with E-state index in [0.29, 0.717) is 12.1 Å². The van der Waals surface area contributed by atoms with Crippen molar-refractivity contribution in [2.45, 2.75) is 33.6 Å². The van der Waals surface area contributed by atoms with Crippen molar-refractivity contribution in [1.29, 1.82) is 0 Å². The van der Waals surface area contributed by atoms with E-state index in [4.69, 9.17) is 5.11 Å². The molecule has 1 aromatic rings. The number of nitrogens with one attached hydrogen (secondary N) is 2. The van der Waals surface area contributed by atoms with E-state index in [-0.39, 0.29) is 12.6 Å². The molecule has 0 saturated carbocycles. The lowest BCUT2D eigenvalue weighted by molar-refractivity contribution is -0.141. The number of hydrogen-bond donors (Lipinski definition) is 3. The van der Waals surface area contributed by atoms with E-state index in [9.17, 15) is 9.59 Å². The summed E-state index contributed by atoms with van der Waals surface area (Å²) in [5.41, 5.74) is 2.95. The molecular formula is C15H22N2O3. The van der Waals surface area contributed by atoms with Gasteiger partial charge in [-0.15, -0.1) is 0 Å². The highest BCUT2D eigenvalue weighted by atomic mass is 16.4. The normalized spacial score (nSPS) is 11.8. The van der Waals surface area contributed by atoms with Crippen molar-refractivity contribution in [3.63, 3.8) is 0 Å². The van der Waals surface area contributed by atoms with Gasteiger partial charge in [0.05, 0.1) is 5.92 Å². The molecule has 5 nitrogen and oxygen atoms in total. The van der Waals surface area contributed by atoms with Gasteiger partial charge in [0.25, 0.3) is 0 Å². The molecule has 5 heteroatoms. The van der Waals surface area contributed by atoms with Gasteiger partial charge in [0.15, 0.2) is 0 Å². The number of aliphatic carboxylic acids is 1. The number of carbonyl (C=O) groups is 2. The van der Waals surface area contributed by atoms with Crippen molar-refractivity contribution in [2.24, 2.45) is 5.92 Å². The minimum Gasteiger partial charge on any atom is -0.481 e. The molecule has 20 heavy (non-hydrogen) atoms. The molecule has 1 unspecified atom stereocenters. The summed E-state index contributed by atoms with van der Waals surface area (Å²) in [5.74, 6) is -1.41. The average Bonchev–Trinajstić information content (AvgIpc) is 2.38. The van der Waals surface area contributed by atoms with E-state index in [2.05, 4.69) is 10.6 Å². The highest BCUT2D eigenvalue weighted by molar-refractivity contribution is 5.89. The van der Waals surface area contributed by atoms with Gasteiger partial charge in [0.2, 0.25) is 0 Å². The Bertz CT molecular complexity index is 486. The quantitative estimate of drug-likeness (QED) is 0.748. The molecule has 0 radical (unpaired) electrons. The van der Waals surface area contributed by atoms with Crippen LogP contribution in [0.5, 0.6) is 0 Å². The Kier molecular flexibility index (Phi) is 6.03. The van der Waals surface area contributed by atoms with Crippen molar-refractivity contribution < 1.29 is 14.7 Å². The number of amides is 2. The van der Waals surface area contributed by atoms with Crippen LogP contribution in [-0.4, -0.2) is 23.7 Å². The van der Waals surface area contributed by atoms with Crippen LogP contribution < -0.4 is 10.6 Å². The number of aryl methyl sites for hydroxylation is 2. The third-order valence-electron chi connectivity index (χ3n) is 3.26. The van der Waals surface area contributed by atoms with Gasteiger partial charge in [-0.25, -0.2) is 4.79 Å². The van der Waals surface area contributed by atoms with Crippen LogP contribution in [0.1, 0.15) is 30.9 Å². The number of carboxylic acids is 1. The van der Waals surface area contributed by atoms with Gasteiger partial charge in [-0.05, 0) is 43.5 Å². The molecule has 0 aliphatic heterocycles. The SMILES string of the molecule is CCCC(CNC(=O)Nc1ccc(C)c(C)c1)C(=O)O. The molecule has 0 aromatic heterocycles. The van der Waals surface area contributed by atoms with Crippen LogP contribution in [0.4, 0.5) is 10.5 Å². The fraction of sp³-hybridized carbons (Fsp3) is 0.467. The molecule has 0 bridgehead atoms. The number of benzene rings is 1. The van der Waals surface area contributed by atoms with Crippen LogP contribution in [0.2, 0.25) is 0 Å². The predicted molar refractivity (Wildman–Crippen MR) is 79.0 cm³/mol. The summed E-state index contributed by atoms with van der Waals surface area (Å²) in [7, 11) is 0. The van der Waals surface area contributed by atoms with Crippen LogP contribution in [0.25, 0.3) is 0 Å². The predicted octanol–water partition coefficient (Wildman–Crippen LogP) is 2.93. The molecule has 2 amide bonds. The van der Waals surface area contributed by atoms with Crippen molar-refractivity contribution in [2.75, 3.05) is 11.9 Å². The lowest BCUT2D eigenvalue weighted by atomic mass is 10.0. The Morgan fingerprint density at radius 2 is 1.95 bits per heavy atom. The highest BCUT2D eigenvalue weighted by Gasteiger charge is 2.17. The Labute approximate surface area is 119 Å². The smallest absolute Gasteiger partial charge is 0.319 e. The molecule has 0 saturated heterocycles. The third-order valence-corrected chi connectivity index (χ3v) is 3.26. The first-order valence-corrected chi connectivity index (χ1v) is 6.79. The second-order valence-electron chi connectivity index (χ2n) is 4.96. The number of rotatable bonds is 6. The summed E-state index contributed by atoms with van der Waals surface area (Å²) < 4.78 is 0. The summed E-state index contributed by atoms with van der Waals surface area (Å²) in [6.45, 7) is 6.03. The van der Waals surface area contributed by atoms with Gasteiger partial charge >= 0.3 is 12.0 Å².